The van der Waals surface area contributed by atoms with Gasteiger partial charge < -0.3 is 18.9 Å². The molecule has 0 aromatic heterocycles. The molecule has 40 heavy (non-hydrogen) atoms. The van der Waals surface area contributed by atoms with Gasteiger partial charge in [-0.2, -0.15) is 14.0 Å². The topological polar surface area (TPSA) is 77.8 Å². The molecule has 4 rings (SSSR count). The number of ether oxygens (including phenoxy) is 4. The van der Waals surface area contributed by atoms with Crippen LogP contribution in [0, 0.1) is 28.6 Å². The highest BCUT2D eigenvalue weighted by Crippen LogP contribution is 2.60. The summed E-state index contributed by atoms with van der Waals surface area (Å²) < 4.78 is 51.0. The number of carbonyl (C=O) groups excluding carboxylic acids is 1. The van der Waals surface area contributed by atoms with Gasteiger partial charge in [-0.1, -0.05) is 61.9 Å². The minimum atomic E-state index is -3.82. The lowest BCUT2D eigenvalue weighted by Gasteiger charge is -2.17. The third-order valence-corrected chi connectivity index (χ3v) is 6.99. The number of alkyl halides is 2. The molecule has 1 fully saturated rings. The number of allylic oxidation sites excluding steroid dienone is 1. The highest BCUT2D eigenvalue weighted by Gasteiger charge is 2.62. The number of hydrogen-bond acceptors (Lipinski definition) is 6. The van der Waals surface area contributed by atoms with E-state index in [1.807, 2.05) is 31.2 Å². The lowest BCUT2D eigenvalue weighted by molar-refractivity contribution is -0.149. The van der Waals surface area contributed by atoms with E-state index in [1.165, 1.54) is 24.3 Å². The van der Waals surface area contributed by atoms with E-state index in [0.717, 1.165) is 6.08 Å². The Balaban J connectivity index is 1.42. The molecule has 0 bridgehead atoms. The number of carbonyl (C=O) groups is 1. The van der Waals surface area contributed by atoms with E-state index >= 15 is 0 Å². The predicted molar refractivity (Wildman–Crippen MR) is 145 cm³/mol. The van der Waals surface area contributed by atoms with Crippen molar-refractivity contribution in [3.05, 3.63) is 95.5 Å². The van der Waals surface area contributed by atoms with Gasteiger partial charge in [0.05, 0.1) is 12.5 Å². The highest BCUT2D eigenvalue weighted by atomic mass is 35.5. The molecule has 0 saturated heterocycles. The molecule has 1 saturated carbocycles. The van der Waals surface area contributed by atoms with Crippen LogP contribution in [0.15, 0.2) is 90.0 Å². The molecule has 1 aliphatic carbocycles. The zero-order valence-electron chi connectivity index (χ0n) is 22.1. The first kappa shape index (κ1) is 28.9. The summed E-state index contributed by atoms with van der Waals surface area (Å²) in [4.78, 5) is 13.0. The Hall–Kier alpha value is -4.09. The second-order valence-corrected chi connectivity index (χ2v) is 10.2. The summed E-state index contributed by atoms with van der Waals surface area (Å²) in [5, 5.41) is 8.87. The first-order valence-electron chi connectivity index (χ1n) is 12.7. The smallest absolute Gasteiger partial charge is 0.437 e. The molecule has 3 aromatic rings. The van der Waals surface area contributed by atoms with Crippen LogP contribution in [-0.2, 0) is 9.53 Å². The Morgan fingerprint density at radius 3 is 2.33 bits per heavy atom. The van der Waals surface area contributed by atoms with Gasteiger partial charge >= 0.3 is 12.1 Å². The standard InChI is InChI=1S/C31H28ClF2NO5/c1-4-37-21-13-15-23(16-14-21)40-31(33,34)27(32)18-25-28(30(25,2)3)29(36)39-26(19-35)20-9-8-12-24(17-20)38-22-10-6-5-7-11-22/h5-18,25-26,28H,4H2,1-3H3. The van der Waals surface area contributed by atoms with Crippen molar-refractivity contribution in [1.82, 2.24) is 0 Å². The quantitative estimate of drug-likeness (QED) is 0.218. The normalized spacial score (nSPS) is 18.7. The molecule has 0 heterocycles. The van der Waals surface area contributed by atoms with Gasteiger partial charge in [-0.15, -0.1) is 0 Å². The fourth-order valence-electron chi connectivity index (χ4n) is 4.39. The number of benzene rings is 3. The maximum Gasteiger partial charge on any atom is 0.437 e. The summed E-state index contributed by atoms with van der Waals surface area (Å²) in [6.07, 6.45) is -3.92. The van der Waals surface area contributed by atoms with Crippen LogP contribution in [0.1, 0.15) is 32.4 Å². The Kier molecular flexibility index (Phi) is 8.65. The molecule has 9 heteroatoms. The highest BCUT2D eigenvalue weighted by molar-refractivity contribution is 6.30. The molecular formula is C31H28ClF2NO5. The van der Waals surface area contributed by atoms with E-state index in [0.29, 0.717) is 29.4 Å². The molecule has 0 radical (unpaired) electrons. The fraction of sp³-hybridized carbons (Fsp3) is 0.290. The van der Waals surface area contributed by atoms with Crippen LogP contribution in [0.3, 0.4) is 0 Å². The van der Waals surface area contributed by atoms with Crippen molar-refractivity contribution in [2.75, 3.05) is 6.61 Å². The van der Waals surface area contributed by atoms with Gasteiger partial charge in [-0.25, -0.2) is 0 Å². The number of hydrogen-bond donors (Lipinski definition) is 0. The van der Waals surface area contributed by atoms with Gasteiger partial charge in [0.1, 0.15) is 34.1 Å². The van der Waals surface area contributed by atoms with Crippen molar-refractivity contribution in [2.45, 2.75) is 33.0 Å². The summed E-state index contributed by atoms with van der Waals surface area (Å²) in [5.74, 6) is -0.605. The second kappa shape index (κ2) is 12.0. The summed E-state index contributed by atoms with van der Waals surface area (Å²) in [5.41, 5.74) is -0.298. The van der Waals surface area contributed by atoms with E-state index in [2.05, 4.69) is 0 Å². The van der Waals surface area contributed by atoms with Gasteiger partial charge in [0.2, 0.25) is 6.10 Å². The Bertz CT molecular complexity index is 1400. The van der Waals surface area contributed by atoms with Gasteiger partial charge in [-0.05, 0) is 66.8 Å². The van der Waals surface area contributed by atoms with Crippen molar-refractivity contribution in [3.63, 3.8) is 0 Å². The second-order valence-electron chi connectivity index (χ2n) is 9.80. The minimum absolute atomic E-state index is 0.0960. The molecule has 3 atom stereocenters. The number of nitrogens with zero attached hydrogens (tertiary/aromatic N) is 1. The van der Waals surface area contributed by atoms with Gasteiger partial charge in [0.15, 0.2) is 0 Å². The average Bonchev–Trinajstić information content (AvgIpc) is 3.48. The number of halogens is 3. The first-order valence-corrected chi connectivity index (χ1v) is 13.0. The summed E-state index contributed by atoms with van der Waals surface area (Å²) in [7, 11) is 0. The largest absolute Gasteiger partial charge is 0.494 e. The monoisotopic (exact) mass is 567 g/mol. The van der Waals surface area contributed by atoms with Crippen molar-refractivity contribution < 1.29 is 32.5 Å². The predicted octanol–water partition coefficient (Wildman–Crippen LogP) is 8.05. The summed E-state index contributed by atoms with van der Waals surface area (Å²) in [6.45, 7) is 5.73. The van der Waals surface area contributed by atoms with E-state index in [9.17, 15) is 18.8 Å². The maximum atomic E-state index is 14.8. The Morgan fingerprint density at radius 1 is 1.02 bits per heavy atom. The number of rotatable bonds is 11. The SMILES string of the molecule is CCOc1ccc(OC(F)(F)C(Cl)=CC2C(C(=O)OC(C#N)c3cccc(Oc4ccccc4)c3)C2(C)C)cc1. The van der Waals surface area contributed by atoms with Crippen molar-refractivity contribution in [2.24, 2.45) is 17.3 Å². The van der Waals surface area contributed by atoms with E-state index < -0.39 is 40.5 Å². The third-order valence-electron chi connectivity index (χ3n) is 6.64. The number of nitriles is 1. The third kappa shape index (κ3) is 6.72. The molecule has 0 amide bonds. The van der Waals surface area contributed by atoms with Crippen molar-refractivity contribution >= 4 is 17.6 Å². The number of para-hydroxylation sites is 1. The Labute approximate surface area is 236 Å². The van der Waals surface area contributed by atoms with Gasteiger partial charge in [-0.3, -0.25) is 4.79 Å². The molecule has 3 aromatic carbocycles. The molecule has 6 nitrogen and oxygen atoms in total. The molecule has 0 aliphatic heterocycles. The van der Waals surface area contributed by atoms with Crippen LogP contribution in [0.2, 0.25) is 0 Å². The molecule has 0 N–H and O–H groups in total. The van der Waals surface area contributed by atoms with Crippen LogP contribution >= 0.6 is 11.6 Å². The lowest BCUT2D eigenvalue weighted by Crippen LogP contribution is -2.25. The molecule has 208 valence electrons. The van der Waals surface area contributed by atoms with Gasteiger partial charge in [0.25, 0.3) is 0 Å². The number of esters is 1. The first-order chi connectivity index (χ1) is 19.0. The van der Waals surface area contributed by atoms with Crippen LogP contribution < -0.4 is 14.2 Å². The van der Waals surface area contributed by atoms with Gasteiger partial charge in [0, 0.05) is 5.56 Å². The minimum Gasteiger partial charge on any atom is -0.494 e. The fourth-order valence-corrected chi connectivity index (χ4v) is 4.56. The van der Waals surface area contributed by atoms with Crippen LogP contribution in [0.5, 0.6) is 23.0 Å². The van der Waals surface area contributed by atoms with E-state index in [1.54, 1.807) is 50.2 Å². The molecule has 0 spiro atoms. The Morgan fingerprint density at radius 2 is 1.68 bits per heavy atom. The van der Waals surface area contributed by atoms with E-state index in [4.69, 9.17) is 30.5 Å². The summed E-state index contributed by atoms with van der Waals surface area (Å²) >= 11 is 5.99. The summed E-state index contributed by atoms with van der Waals surface area (Å²) in [6, 6.07) is 23.5. The molecule has 1 aliphatic rings. The van der Waals surface area contributed by atoms with Crippen LogP contribution in [0.4, 0.5) is 8.78 Å². The van der Waals surface area contributed by atoms with Crippen molar-refractivity contribution in [1.29, 1.82) is 5.26 Å². The lowest BCUT2D eigenvalue weighted by atomic mass is 10.1. The maximum absolute atomic E-state index is 14.8. The molecule has 3 unspecified atom stereocenters. The zero-order valence-corrected chi connectivity index (χ0v) is 22.9. The van der Waals surface area contributed by atoms with Crippen molar-refractivity contribution in [3.8, 4) is 29.1 Å². The van der Waals surface area contributed by atoms with E-state index in [-0.39, 0.29) is 5.75 Å². The zero-order chi connectivity index (χ0) is 28.9. The average molecular weight is 568 g/mol. The van der Waals surface area contributed by atoms with Crippen LogP contribution in [-0.4, -0.2) is 18.7 Å². The molecular weight excluding hydrogens is 540 g/mol. The van der Waals surface area contributed by atoms with Crippen LogP contribution in [0.25, 0.3) is 0 Å².